The predicted molar refractivity (Wildman–Crippen MR) is 244 cm³/mol. The number of rotatable bonds is 18. The fourth-order valence-corrected chi connectivity index (χ4v) is 9.25. The summed E-state index contributed by atoms with van der Waals surface area (Å²) in [5.41, 5.74) is 0. The summed E-state index contributed by atoms with van der Waals surface area (Å²) in [6.07, 6.45) is -22.6. The second-order valence-electron chi connectivity index (χ2n) is 18.0. The molecule has 418 valence electrons. The molecule has 0 radical (unpaired) electrons. The average molecular weight is 1130 g/mol. The Hall–Kier alpha value is -3.45. The molecule has 0 spiro atoms. The lowest BCUT2D eigenvalue weighted by Crippen LogP contribution is -2.68. The van der Waals surface area contributed by atoms with Gasteiger partial charge in [-0.15, -0.1) is 0 Å². The molecule has 26 nitrogen and oxygen atoms in total. The third-order valence-corrected chi connectivity index (χ3v) is 13.2. The van der Waals surface area contributed by atoms with Gasteiger partial charge in [-0.25, -0.2) is 13.8 Å². The minimum atomic E-state index is -5.17. The molecule has 0 aromatic heterocycles. The number of hydrogen-bond donors (Lipinski definition) is 2. The fraction of sp³-hybridized carbons (Fsp3) is 0.837. The number of esters is 6. The highest BCUT2D eigenvalue weighted by Crippen LogP contribution is 2.42. The first-order chi connectivity index (χ1) is 33.8. The summed E-state index contributed by atoms with van der Waals surface area (Å²) in [6.45, 7) is 13.1. The fourth-order valence-electron chi connectivity index (χ4n) is 8.79. The molecular weight excluding hydrogens is 1070 g/mol. The van der Waals surface area contributed by atoms with E-state index in [4.69, 9.17) is 105 Å². The number of methoxy groups -OCH3 is 1. The summed E-state index contributed by atoms with van der Waals surface area (Å²) >= 11 is 17.4. The minimum Gasteiger partial charge on any atom is -0.467 e. The van der Waals surface area contributed by atoms with E-state index in [-0.39, 0.29) is 11.8 Å². The van der Waals surface area contributed by atoms with Crippen molar-refractivity contribution in [2.24, 2.45) is 23.7 Å². The molecule has 4 aliphatic rings. The second-order valence-corrected chi connectivity index (χ2v) is 21.6. The molecule has 2 N–H and O–H groups in total. The molecule has 0 saturated carbocycles. The van der Waals surface area contributed by atoms with E-state index < -0.39 is 186 Å². The van der Waals surface area contributed by atoms with Gasteiger partial charge in [0.1, 0.15) is 43.7 Å². The summed E-state index contributed by atoms with van der Waals surface area (Å²) in [5, 5.41) is 2.52. The van der Waals surface area contributed by atoms with Gasteiger partial charge in [0.25, 0.3) is 0 Å². The number of halogens is 3. The van der Waals surface area contributed by atoms with Crippen molar-refractivity contribution >= 4 is 87.1 Å². The van der Waals surface area contributed by atoms with Crippen molar-refractivity contribution in [3.05, 3.63) is 0 Å². The van der Waals surface area contributed by atoms with Crippen LogP contribution in [0, 0.1) is 23.7 Å². The molecule has 0 aliphatic carbocycles. The van der Waals surface area contributed by atoms with Gasteiger partial charge in [0, 0.05) is 52.4 Å². The number of amides is 1. The minimum absolute atomic E-state index is 0.156. The largest absolute Gasteiger partial charge is 0.467 e. The standard InChI is InChI=1S/C43H64Cl3NO25S/c1-16-17(2)32(64-23(8)49)40(63-20(16)5)70-31-19(4)39(68-28(14-61-73(55,56)57)34(31)66-25(10)51)69-30-18(3)33(65-24(9)50)41(72-37(30)38(53)58-12)71-36-29(47-42(54)60-15-43(44,45)46)21(6)62-27(13-59-22(7)48)35(36)67-26(11)52/h16-21,27-37,39-41H,13-15H2,1-12H3,(H,47,54)(H,55,56,57)/t16-,17-,18-,19?,20?,21-,27?,28?,29?,30-,31+,32?,33?,34-,35-,36+,37?,39+,40-,41+/m0/s1. The summed E-state index contributed by atoms with van der Waals surface area (Å²) in [5.74, 6) is -8.03. The van der Waals surface area contributed by atoms with Crippen LogP contribution in [-0.4, -0.2) is 184 Å². The first kappa shape index (κ1) is 62.1. The first-order valence-corrected chi connectivity index (χ1v) is 25.4. The smallest absolute Gasteiger partial charge is 0.407 e. The lowest BCUT2D eigenvalue weighted by molar-refractivity contribution is -0.365. The number of alkyl carbamates (subject to hydrolysis) is 1. The van der Waals surface area contributed by atoms with Crippen LogP contribution in [0.15, 0.2) is 0 Å². The molecule has 0 aromatic rings. The molecular formula is C43H64Cl3NO25S. The zero-order valence-corrected chi connectivity index (χ0v) is 45.0. The third-order valence-electron chi connectivity index (χ3n) is 12.5. The van der Waals surface area contributed by atoms with Crippen LogP contribution >= 0.6 is 34.8 Å². The topological polar surface area (TPSA) is 324 Å². The Morgan fingerprint density at radius 1 is 0.548 bits per heavy atom. The second kappa shape index (κ2) is 26.5. The normalized spacial score (nSPS) is 36.9. The Morgan fingerprint density at radius 3 is 1.56 bits per heavy atom. The van der Waals surface area contributed by atoms with E-state index in [1.54, 1.807) is 6.92 Å². The summed E-state index contributed by atoms with van der Waals surface area (Å²) < 4.78 is 119. The third kappa shape index (κ3) is 17.5. The molecule has 4 rings (SSSR count). The lowest BCUT2D eigenvalue weighted by Gasteiger charge is -2.51. The van der Waals surface area contributed by atoms with Gasteiger partial charge in [-0.3, -0.25) is 28.5 Å². The van der Waals surface area contributed by atoms with E-state index in [1.165, 1.54) is 27.7 Å². The van der Waals surface area contributed by atoms with E-state index in [9.17, 15) is 46.5 Å². The molecule has 0 bridgehead atoms. The van der Waals surface area contributed by atoms with Crippen molar-refractivity contribution in [1.29, 1.82) is 0 Å². The van der Waals surface area contributed by atoms with Crippen molar-refractivity contribution in [1.82, 2.24) is 5.32 Å². The highest BCUT2D eigenvalue weighted by Gasteiger charge is 2.58. The average Bonchev–Trinajstić information content (AvgIpc) is 3.26. The van der Waals surface area contributed by atoms with Crippen LogP contribution in [0.5, 0.6) is 0 Å². The number of carbonyl (C=O) groups is 7. The monoisotopic (exact) mass is 1130 g/mol. The van der Waals surface area contributed by atoms with Crippen LogP contribution in [0.1, 0.15) is 76.2 Å². The molecule has 4 saturated heterocycles. The summed E-state index contributed by atoms with van der Waals surface area (Å²) in [7, 11) is -4.15. The molecule has 20 atom stereocenters. The van der Waals surface area contributed by atoms with Crippen LogP contribution in [0.25, 0.3) is 0 Å². The molecule has 73 heavy (non-hydrogen) atoms. The van der Waals surface area contributed by atoms with Gasteiger partial charge in [-0.05, 0) is 19.8 Å². The first-order valence-electron chi connectivity index (χ1n) is 22.9. The van der Waals surface area contributed by atoms with Crippen molar-refractivity contribution in [2.45, 2.75) is 178 Å². The Kier molecular flexibility index (Phi) is 22.6. The molecule has 0 aromatic carbocycles. The van der Waals surface area contributed by atoms with Gasteiger partial charge < -0.3 is 71.6 Å². The maximum absolute atomic E-state index is 13.9. The molecule has 4 heterocycles. The summed E-state index contributed by atoms with van der Waals surface area (Å²) in [6, 6.07) is -1.37. The summed E-state index contributed by atoms with van der Waals surface area (Å²) in [4.78, 5) is 89.7. The lowest BCUT2D eigenvalue weighted by atomic mass is 9.83. The van der Waals surface area contributed by atoms with Gasteiger partial charge in [0.05, 0.1) is 32.0 Å². The number of ether oxygens (including phenoxy) is 14. The zero-order chi connectivity index (χ0) is 55.0. The van der Waals surface area contributed by atoms with E-state index >= 15 is 0 Å². The van der Waals surface area contributed by atoms with Gasteiger partial charge in [0.2, 0.25) is 3.79 Å². The van der Waals surface area contributed by atoms with Gasteiger partial charge in [-0.1, -0.05) is 62.5 Å². The maximum Gasteiger partial charge on any atom is 0.407 e. The Labute approximate surface area is 436 Å². The van der Waals surface area contributed by atoms with Crippen molar-refractivity contribution in [3.63, 3.8) is 0 Å². The predicted octanol–water partition coefficient (Wildman–Crippen LogP) is 2.42. The number of carbonyl (C=O) groups excluding carboxylic acids is 7. The van der Waals surface area contributed by atoms with E-state index in [0.717, 1.165) is 34.8 Å². The van der Waals surface area contributed by atoms with E-state index in [0.29, 0.717) is 0 Å². The maximum atomic E-state index is 13.9. The Bertz CT molecular complexity index is 2060. The van der Waals surface area contributed by atoms with Crippen molar-refractivity contribution in [2.75, 3.05) is 26.9 Å². The number of alkyl halides is 3. The molecule has 8 unspecified atom stereocenters. The van der Waals surface area contributed by atoms with Crippen LogP contribution in [0.2, 0.25) is 0 Å². The van der Waals surface area contributed by atoms with Crippen molar-refractivity contribution < 1.29 is 117 Å². The molecule has 4 aliphatic heterocycles. The van der Waals surface area contributed by atoms with Crippen LogP contribution in [0.4, 0.5) is 4.79 Å². The van der Waals surface area contributed by atoms with Gasteiger partial charge >= 0.3 is 52.3 Å². The Balaban J connectivity index is 1.82. The van der Waals surface area contributed by atoms with E-state index in [1.807, 2.05) is 13.8 Å². The molecule has 30 heteroatoms. The van der Waals surface area contributed by atoms with Crippen LogP contribution in [-0.2, 0) is 110 Å². The Morgan fingerprint density at radius 2 is 1.04 bits per heavy atom. The van der Waals surface area contributed by atoms with Gasteiger partial charge in [0.15, 0.2) is 49.4 Å². The van der Waals surface area contributed by atoms with Gasteiger partial charge in [-0.2, -0.15) is 8.42 Å². The zero-order valence-electron chi connectivity index (χ0n) is 42.0. The van der Waals surface area contributed by atoms with Crippen LogP contribution < -0.4 is 5.32 Å². The highest BCUT2D eigenvalue weighted by atomic mass is 35.6. The quantitative estimate of drug-likeness (QED) is 0.0861. The molecule has 1 amide bonds. The number of nitrogens with one attached hydrogen (secondary N) is 1. The number of hydrogen-bond acceptors (Lipinski definition) is 24. The van der Waals surface area contributed by atoms with E-state index in [2.05, 4.69) is 5.32 Å². The van der Waals surface area contributed by atoms with Crippen LogP contribution in [0.3, 0.4) is 0 Å². The SMILES string of the molecule is COC(=O)C1O[C@@H](O[C@@H]2C(NC(=O)OCC(Cl)(Cl)Cl)[C@H](C)OC(COC(C)=O)[C@@H]2OC(C)=O)C(OC(C)=O)[C@@H](C)[C@@H]1O[C@H]1OC(COS(=O)(=O)O)[C@H](OC(C)=O)[C@H](O[C@@H]2OC(C)[C@@H](C)[C@H](C)C2OC(C)=O)C1C. The highest BCUT2D eigenvalue weighted by molar-refractivity contribution is 7.80. The molecule has 4 fully saturated rings. The van der Waals surface area contributed by atoms with Crippen molar-refractivity contribution in [3.8, 4) is 0 Å².